The maximum atomic E-state index is 12.7. The number of anilines is 1. The second-order valence-electron chi connectivity index (χ2n) is 7.65. The number of thioether (sulfide) groups is 1. The number of benzene rings is 2. The molecule has 0 aliphatic carbocycles. The van der Waals surface area contributed by atoms with Crippen molar-refractivity contribution in [1.29, 1.82) is 0 Å². The highest BCUT2D eigenvalue weighted by atomic mass is 32.2. The summed E-state index contributed by atoms with van der Waals surface area (Å²) in [6.07, 6.45) is 1.54. The van der Waals surface area contributed by atoms with E-state index in [4.69, 9.17) is 4.42 Å². The third-order valence-electron chi connectivity index (χ3n) is 5.09. The molecule has 9 heteroatoms. The van der Waals surface area contributed by atoms with E-state index in [2.05, 4.69) is 20.4 Å². The molecule has 8 nitrogen and oxygen atoms in total. The van der Waals surface area contributed by atoms with E-state index in [1.807, 2.05) is 60.7 Å². The molecule has 0 saturated heterocycles. The highest BCUT2D eigenvalue weighted by Crippen LogP contribution is 2.25. The Balaban J connectivity index is 1.43. The molecule has 3 heterocycles. The third-order valence-corrected chi connectivity index (χ3v) is 6.10. The molecule has 174 valence electrons. The summed E-state index contributed by atoms with van der Waals surface area (Å²) in [6.45, 7) is 0. The van der Waals surface area contributed by atoms with E-state index in [1.165, 1.54) is 22.5 Å². The van der Waals surface area contributed by atoms with Crippen LogP contribution < -0.4 is 10.9 Å². The number of aromatic amines is 1. The summed E-state index contributed by atoms with van der Waals surface area (Å²) >= 11 is 1.51. The van der Waals surface area contributed by atoms with E-state index in [-0.39, 0.29) is 23.2 Å². The Kier molecular flexibility index (Phi) is 6.58. The molecule has 5 aromatic rings. The van der Waals surface area contributed by atoms with Crippen LogP contribution in [0.1, 0.15) is 5.56 Å². The molecular weight excluding hydrogens is 462 g/mol. The summed E-state index contributed by atoms with van der Waals surface area (Å²) in [7, 11) is 0. The highest BCUT2D eigenvalue weighted by Gasteiger charge is 2.17. The molecule has 0 bridgehead atoms. The number of nitrogens with one attached hydrogen (secondary N) is 2. The lowest BCUT2D eigenvalue weighted by molar-refractivity contribution is -0.113. The summed E-state index contributed by atoms with van der Waals surface area (Å²) in [5.41, 5.74) is 2.60. The number of carbonyl (C=O) groups is 1. The predicted octanol–water partition coefficient (Wildman–Crippen LogP) is 4.75. The number of hydrogen-bond donors (Lipinski definition) is 2. The first kappa shape index (κ1) is 22.4. The minimum absolute atomic E-state index is 0.182. The zero-order valence-electron chi connectivity index (χ0n) is 18.5. The average Bonchev–Trinajstić information content (AvgIpc) is 3.55. The maximum Gasteiger partial charge on any atom is 0.252 e. The number of amides is 1. The van der Waals surface area contributed by atoms with Gasteiger partial charge in [-0.3, -0.25) is 14.6 Å². The molecule has 0 atom stereocenters. The number of furan rings is 1. The van der Waals surface area contributed by atoms with Crippen molar-refractivity contribution >= 4 is 23.5 Å². The Morgan fingerprint density at radius 3 is 2.49 bits per heavy atom. The molecule has 0 aliphatic rings. The van der Waals surface area contributed by atoms with E-state index in [9.17, 15) is 9.59 Å². The largest absolute Gasteiger partial charge is 0.463 e. The van der Waals surface area contributed by atoms with Crippen molar-refractivity contribution < 1.29 is 9.21 Å². The van der Waals surface area contributed by atoms with Gasteiger partial charge in [0.15, 0.2) is 5.76 Å². The second-order valence-corrected chi connectivity index (χ2v) is 8.64. The first-order chi connectivity index (χ1) is 17.2. The molecule has 3 aromatic heterocycles. The molecule has 0 radical (unpaired) electrons. The molecule has 2 N–H and O–H groups in total. The highest BCUT2D eigenvalue weighted by molar-refractivity contribution is 7.99. The predicted molar refractivity (Wildman–Crippen MR) is 136 cm³/mol. The molecule has 2 aromatic carbocycles. The Bertz CT molecular complexity index is 1480. The van der Waals surface area contributed by atoms with E-state index in [1.54, 1.807) is 24.5 Å². The van der Waals surface area contributed by atoms with Crippen LogP contribution in [0.25, 0.3) is 28.7 Å². The van der Waals surface area contributed by atoms with E-state index >= 15 is 0 Å². The number of nitrogens with zero attached hydrogens (tertiary/aromatic N) is 3. The summed E-state index contributed by atoms with van der Waals surface area (Å²) in [5.74, 6) is 1.86. The average molecular weight is 484 g/mol. The van der Waals surface area contributed by atoms with Gasteiger partial charge < -0.3 is 9.73 Å². The minimum Gasteiger partial charge on any atom is -0.463 e. The third kappa shape index (κ3) is 5.42. The normalized spacial score (nSPS) is 10.9. The molecule has 1 amide bonds. The van der Waals surface area contributed by atoms with Crippen LogP contribution in [0.15, 0.2) is 100 Å². The van der Waals surface area contributed by atoms with Crippen molar-refractivity contribution in [1.82, 2.24) is 19.7 Å². The van der Waals surface area contributed by atoms with E-state index in [0.717, 1.165) is 16.9 Å². The summed E-state index contributed by atoms with van der Waals surface area (Å²) in [6, 6.07) is 26.0. The standard InChI is InChI=1S/C26H21N5O3S/c32-24-15-20(19-10-5-2-6-11-19)27-26(29-24)31-23(14-21(30-31)22-12-7-13-34-22)28-25(33)17-35-16-18-8-3-1-4-9-18/h1-15H,16-17H2,(H,28,33)(H,27,29,32). The summed E-state index contributed by atoms with van der Waals surface area (Å²) in [4.78, 5) is 32.5. The van der Waals surface area contributed by atoms with Gasteiger partial charge in [-0.15, -0.1) is 11.8 Å². The van der Waals surface area contributed by atoms with Gasteiger partial charge in [0.1, 0.15) is 11.5 Å². The van der Waals surface area contributed by atoms with Crippen molar-refractivity contribution in [2.45, 2.75) is 5.75 Å². The Labute approximate surface area is 205 Å². The van der Waals surface area contributed by atoms with Gasteiger partial charge in [0.25, 0.3) is 5.56 Å². The smallest absolute Gasteiger partial charge is 0.252 e. The summed E-state index contributed by atoms with van der Waals surface area (Å²) < 4.78 is 6.88. The Morgan fingerprint density at radius 1 is 0.971 bits per heavy atom. The van der Waals surface area contributed by atoms with Gasteiger partial charge >= 0.3 is 0 Å². The molecule has 35 heavy (non-hydrogen) atoms. The number of H-pyrrole nitrogens is 1. The lowest BCUT2D eigenvalue weighted by Gasteiger charge is -2.09. The van der Waals surface area contributed by atoms with E-state index in [0.29, 0.717) is 23.0 Å². The first-order valence-electron chi connectivity index (χ1n) is 10.9. The van der Waals surface area contributed by atoms with Crippen LogP contribution in [0.3, 0.4) is 0 Å². The fourth-order valence-electron chi connectivity index (χ4n) is 3.49. The van der Waals surface area contributed by atoms with Crippen molar-refractivity contribution in [3.63, 3.8) is 0 Å². The lowest BCUT2D eigenvalue weighted by Crippen LogP contribution is -2.19. The molecule has 0 spiro atoms. The van der Waals surface area contributed by atoms with Crippen LogP contribution in [-0.4, -0.2) is 31.4 Å². The lowest BCUT2D eigenvalue weighted by atomic mass is 10.1. The molecule has 0 saturated carbocycles. The molecule has 5 rings (SSSR count). The quantitative estimate of drug-likeness (QED) is 0.330. The first-order valence-corrected chi connectivity index (χ1v) is 12.0. The van der Waals surface area contributed by atoms with Crippen LogP contribution in [0.5, 0.6) is 0 Å². The van der Waals surface area contributed by atoms with Gasteiger partial charge in [-0.2, -0.15) is 9.78 Å². The fraction of sp³-hybridized carbons (Fsp3) is 0.0769. The van der Waals surface area contributed by atoms with Crippen molar-refractivity contribution in [3.8, 4) is 28.7 Å². The van der Waals surface area contributed by atoms with Gasteiger partial charge in [-0.25, -0.2) is 4.98 Å². The number of hydrogen-bond acceptors (Lipinski definition) is 6. The van der Waals surface area contributed by atoms with Gasteiger partial charge in [-0.1, -0.05) is 60.7 Å². The Morgan fingerprint density at radius 2 is 1.74 bits per heavy atom. The molecule has 0 aliphatic heterocycles. The van der Waals surface area contributed by atoms with Crippen LogP contribution >= 0.6 is 11.8 Å². The maximum absolute atomic E-state index is 12.7. The van der Waals surface area contributed by atoms with Crippen LogP contribution in [0.2, 0.25) is 0 Å². The van der Waals surface area contributed by atoms with Crippen LogP contribution in [0.4, 0.5) is 5.82 Å². The van der Waals surface area contributed by atoms with Crippen molar-refractivity contribution in [2.75, 3.05) is 11.1 Å². The number of carbonyl (C=O) groups excluding carboxylic acids is 1. The van der Waals surface area contributed by atoms with Crippen LogP contribution in [0, 0.1) is 0 Å². The monoisotopic (exact) mass is 483 g/mol. The Hall–Kier alpha value is -4.37. The minimum atomic E-state index is -0.334. The van der Waals surface area contributed by atoms with Gasteiger partial charge in [0.2, 0.25) is 11.9 Å². The molecule has 0 fully saturated rings. The van der Waals surface area contributed by atoms with Gasteiger partial charge in [-0.05, 0) is 17.7 Å². The van der Waals surface area contributed by atoms with Crippen molar-refractivity contribution in [2.24, 2.45) is 0 Å². The zero-order chi connectivity index (χ0) is 24.0. The molecule has 0 unspecified atom stereocenters. The second kappa shape index (κ2) is 10.3. The topological polar surface area (TPSA) is 106 Å². The number of aromatic nitrogens is 4. The molecular formula is C26H21N5O3S. The zero-order valence-corrected chi connectivity index (χ0v) is 19.4. The van der Waals surface area contributed by atoms with E-state index < -0.39 is 0 Å². The van der Waals surface area contributed by atoms with Gasteiger partial charge in [0.05, 0.1) is 17.7 Å². The number of rotatable bonds is 8. The van der Waals surface area contributed by atoms with Crippen molar-refractivity contribution in [3.05, 3.63) is 107 Å². The summed E-state index contributed by atoms with van der Waals surface area (Å²) in [5, 5.41) is 7.44. The SMILES string of the molecule is O=C(CSCc1ccccc1)Nc1cc(-c2ccco2)nn1-c1nc(-c2ccccc2)cc(=O)[nH]1. The van der Waals surface area contributed by atoms with Crippen LogP contribution in [-0.2, 0) is 10.5 Å². The van der Waals surface area contributed by atoms with Gasteiger partial charge in [0, 0.05) is 23.4 Å². The fourth-order valence-corrected chi connectivity index (χ4v) is 4.28.